The maximum absolute atomic E-state index is 13.7. The van der Waals surface area contributed by atoms with E-state index in [1.165, 1.54) is 0 Å². The van der Waals surface area contributed by atoms with Crippen LogP contribution in [0.4, 0.5) is 5.69 Å². The molecule has 0 spiro atoms. The second-order valence-corrected chi connectivity index (χ2v) is 8.51. The molecular weight excluding hydrogens is 332 g/mol. The highest BCUT2D eigenvalue weighted by molar-refractivity contribution is 6.27. The van der Waals surface area contributed by atoms with E-state index in [9.17, 15) is 4.79 Å². The molecule has 3 nitrogen and oxygen atoms in total. The van der Waals surface area contributed by atoms with Crippen LogP contribution in [0.25, 0.3) is 16.6 Å². The molecule has 0 unspecified atom stereocenters. The summed E-state index contributed by atoms with van der Waals surface area (Å²) in [6.45, 7) is 8.57. The summed E-state index contributed by atoms with van der Waals surface area (Å²) < 4.78 is 0. The number of carbonyl (C=O) groups is 1. The van der Waals surface area contributed by atoms with Crippen molar-refractivity contribution in [2.75, 3.05) is 4.90 Å². The summed E-state index contributed by atoms with van der Waals surface area (Å²) in [5.41, 5.74) is 7.97. The molecule has 0 radical (unpaired) electrons. The number of hydrogen-bond acceptors (Lipinski definition) is 2. The highest BCUT2D eigenvalue weighted by atomic mass is 16.2. The second-order valence-electron chi connectivity index (χ2n) is 8.51. The summed E-state index contributed by atoms with van der Waals surface area (Å²) >= 11 is 0. The highest BCUT2D eigenvalue weighted by Gasteiger charge is 2.42. The van der Waals surface area contributed by atoms with Gasteiger partial charge in [-0.2, -0.15) is 0 Å². The van der Waals surface area contributed by atoms with E-state index in [0.29, 0.717) is 0 Å². The molecule has 0 saturated heterocycles. The molecule has 0 bridgehead atoms. The summed E-state index contributed by atoms with van der Waals surface area (Å²) in [5.74, 6) is 0.0544. The van der Waals surface area contributed by atoms with Crippen molar-refractivity contribution in [1.82, 2.24) is 4.98 Å². The van der Waals surface area contributed by atoms with Crippen LogP contribution >= 0.6 is 0 Å². The molecule has 5 rings (SSSR count). The average molecular weight is 354 g/mol. The van der Waals surface area contributed by atoms with Crippen LogP contribution in [0.2, 0.25) is 0 Å². The van der Waals surface area contributed by atoms with Crippen molar-refractivity contribution in [2.24, 2.45) is 5.41 Å². The lowest BCUT2D eigenvalue weighted by Crippen LogP contribution is -2.26. The maximum atomic E-state index is 13.7. The van der Waals surface area contributed by atoms with Gasteiger partial charge in [0.1, 0.15) is 0 Å². The van der Waals surface area contributed by atoms with Gasteiger partial charge in [0.05, 0.1) is 22.5 Å². The van der Waals surface area contributed by atoms with Gasteiger partial charge in [0.2, 0.25) is 0 Å². The van der Waals surface area contributed by atoms with E-state index in [1.807, 2.05) is 29.2 Å². The predicted molar refractivity (Wildman–Crippen MR) is 110 cm³/mol. The van der Waals surface area contributed by atoms with Crippen LogP contribution in [-0.4, -0.2) is 10.9 Å². The lowest BCUT2D eigenvalue weighted by atomic mass is 9.79. The molecule has 0 saturated carbocycles. The van der Waals surface area contributed by atoms with Crippen molar-refractivity contribution in [3.05, 3.63) is 76.5 Å². The van der Waals surface area contributed by atoms with Crippen molar-refractivity contribution in [1.29, 1.82) is 0 Å². The molecule has 1 amide bonds. The first-order valence-electron chi connectivity index (χ1n) is 9.42. The van der Waals surface area contributed by atoms with Gasteiger partial charge in [-0.3, -0.25) is 14.7 Å². The van der Waals surface area contributed by atoms with Crippen LogP contribution in [0.5, 0.6) is 0 Å². The van der Waals surface area contributed by atoms with E-state index in [1.54, 1.807) is 0 Å². The Morgan fingerprint density at radius 2 is 1.70 bits per heavy atom. The summed E-state index contributed by atoms with van der Waals surface area (Å²) in [5, 5.41) is 0.943. The first kappa shape index (κ1) is 16.2. The molecule has 2 aromatic carbocycles. The number of para-hydroxylation sites is 1. The number of benzene rings is 2. The first-order chi connectivity index (χ1) is 12.8. The minimum Gasteiger partial charge on any atom is -0.277 e. The molecule has 1 aliphatic heterocycles. The lowest BCUT2D eigenvalue weighted by molar-refractivity contribution is 0.101. The van der Waals surface area contributed by atoms with Gasteiger partial charge >= 0.3 is 0 Å². The number of allylic oxidation sites excluding steroid dienone is 1. The number of aryl methyl sites for hydroxylation is 2. The van der Waals surface area contributed by atoms with Crippen molar-refractivity contribution in [3.8, 4) is 0 Å². The third kappa shape index (κ3) is 2.34. The third-order valence-corrected chi connectivity index (χ3v) is 5.50. The number of pyridine rings is 1. The number of hydrogen-bond donors (Lipinski definition) is 0. The number of aromatic nitrogens is 1. The molecule has 3 heteroatoms. The second kappa shape index (κ2) is 5.29. The predicted octanol–water partition coefficient (Wildman–Crippen LogP) is 5.44. The van der Waals surface area contributed by atoms with E-state index in [4.69, 9.17) is 4.98 Å². The molecule has 2 heterocycles. The van der Waals surface area contributed by atoms with Crippen LogP contribution in [0, 0.1) is 19.3 Å². The average Bonchev–Trinajstić information content (AvgIpc) is 2.86. The van der Waals surface area contributed by atoms with E-state index in [-0.39, 0.29) is 11.3 Å². The van der Waals surface area contributed by atoms with Crippen molar-refractivity contribution in [3.63, 3.8) is 0 Å². The van der Waals surface area contributed by atoms with Crippen LogP contribution < -0.4 is 4.90 Å². The maximum Gasteiger partial charge on any atom is 0.264 e. The van der Waals surface area contributed by atoms with Gasteiger partial charge in [0.25, 0.3) is 5.91 Å². The molecule has 27 heavy (non-hydrogen) atoms. The smallest absolute Gasteiger partial charge is 0.264 e. The SMILES string of the molecule is Cc1cc(C)cc(N2C(=O)c3c4c(nc5ccccc35)CC(C)(C)C=C42)c1. The fourth-order valence-electron chi connectivity index (χ4n) is 4.55. The van der Waals surface area contributed by atoms with E-state index >= 15 is 0 Å². The molecule has 0 fully saturated rings. The number of nitrogens with zero attached hydrogens (tertiary/aromatic N) is 2. The zero-order valence-electron chi connectivity index (χ0n) is 16.1. The Kier molecular flexibility index (Phi) is 3.18. The lowest BCUT2D eigenvalue weighted by Gasteiger charge is -2.30. The molecule has 0 N–H and O–H groups in total. The standard InChI is InChI=1S/C24H22N2O/c1-14-9-15(2)11-16(10-14)26-20-13-24(3,4)12-19-22(20)21(23(26)27)17-7-5-6-8-18(17)25-19/h5-11,13H,12H2,1-4H3. The van der Waals surface area contributed by atoms with Crippen LogP contribution in [0.1, 0.15) is 46.6 Å². The molecule has 3 aromatic rings. The highest BCUT2D eigenvalue weighted by Crippen LogP contribution is 2.47. The van der Waals surface area contributed by atoms with Gasteiger partial charge in [-0.15, -0.1) is 0 Å². The summed E-state index contributed by atoms with van der Waals surface area (Å²) in [6.07, 6.45) is 3.09. The van der Waals surface area contributed by atoms with Gasteiger partial charge in [0.15, 0.2) is 0 Å². The zero-order chi connectivity index (χ0) is 18.9. The minimum atomic E-state index is -0.0448. The topological polar surface area (TPSA) is 33.2 Å². The van der Waals surface area contributed by atoms with Crippen LogP contribution in [0.15, 0.2) is 48.5 Å². The van der Waals surface area contributed by atoms with E-state index in [2.05, 4.69) is 52.0 Å². The molecule has 1 aromatic heterocycles. The monoisotopic (exact) mass is 354 g/mol. The number of fused-ring (bicyclic) bond motifs is 2. The van der Waals surface area contributed by atoms with Gasteiger partial charge in [-0.25, -0.2) is 0 Å². The fraction of sp³-hybridized carbons (Fsp3) is 0.250. The Morgan fingerprint density at radius 1 is 1.00 bits per heavy atom. The van der Waals surface area contributed by atoms with Gasteiger partial charge in [-0.05, 0) is 55.0 Å². The van der Waals surface area contributed by atoms with Crippen LogP contribution in [-0.2, 0) is 6.42 Å². The Morgan fingerprint density at radius 3 is 2.44 bits per heavy atom. The fourth-order valence-corrected chi connectivity index (χ4v) is 4.55. The summed E-state index contributed by atoms with van der Waals surface area (Å²) in [7, 11) is 0. The largest absolute Gasteiger partial charge is 0.277 e. The Bertz CT molecular complexity index is 1150. The van der Waals surface area contributed by atoms with Crippen LogP contribution in [0.3, 0.4) is 0 Å². The Labute approximate surface area is 159 Å². The molecule has 134 valence electrons. The van der Waals surface area contributed by atoms with Crippen molar-refractivity contribution >= 4 is 28.2 Å². The van der Waals surface area contributed by atoms with E-state index in [0.717, 1.165) is 56.7 Å². The number of amides is 1. The Hall–Kier alpha value is -2.94. The number of carbonyl (C=O) groups excluding carboxylic acids is 1. The van der Waals surface area contributed by atoms with E-state index < -0.39 is 0 Å². The summed E-state index contributed by atoms with van der Waals surface area (Å²) in [4.78, 5) is 20.5. The molecule has 2 aliphatic rings. The minimum absolute atomic E-state index is 0.0448. The molecular formula is C24H22N2O. The van der Waals surface area contributed by atoms with Crippen molar-refractivity contribution < 1.29 is 4.79 Å². The molecule has 0 atom stereocenters. The molecule has 1 aliphatic carbocycles. The zero-order valence-corrected chi connectivity index (χ0v) is 16.1. The van der Waals surface area contributed by atoms with Gasteiger partial charge in [0, 0.05) is 16.6 Å². The summed E-state index contributed by atoms with van der Waals surface area (Å²) in [6, 6.07) is 14.3. The first-order valence-corrected chi connectivity index (χ1v) is 9.42. The van der Waals surface area contributed by atoms with Crippen molar-refractivity contribution in [2.45, 2.75) is 34.1 Å². The number of rotatable bonds is 1. The normalized spacial score (nSPS) is 17.3. The Balaban J connectivity index is 1.85. The van der Waals surface area contributed by atoms with Gasteiger partial charge in [-0.1, -0.05) is 44.2 Å². The van der Waals surface area contributed by atoms with Gasteiger partial charge < -0.3 is 0 Å². The number of anilines is 1. The quantitative estimate of drug-likeness (QED) is 0.583. The third-order valence-electron chi connectivity index (χ3n) is 5.50.